The lowest BCUT2D eigenvalue weighted by Gasteiger charge is -2.18. The first-order valence-corrected chi connectivity index (χ1v) is 13.1. The second-order valence-electron chi connectivity index (χ2n) is 9.11. The molecule has 6 nitrogen and oxygen atoms in total. The zero-order valence-corrected chi connectivity index (χ0v) is 21.1. The number of ether oxygens (including phenoxy) is 1. The van der Waals surface area contributed by atoms with Crippen LogP contribution < -0.4 is 15.4 Å². The van der Waals surface area contributed by atoms with Gasteiger partial charge in [-0.2, -0.15) is 4.83 Å². The fourth-order valence-electron chi connectivity index (χ4n) is 5.60. The summed E-state index contributed by atoms with van der Waals surface area (Å²) in [7, 11) is 2.03. The van der Waals surface area contributed by atoms with Crippen molar-refractivity contribution >= 4 is 39.8 Å². The molecule has 0 atom stereocenters. The van der Waals surface area contributed by atoms with Crippen LogP contribution in [0.1, 0.15) is 60.1 Å². The highest BCUT2D eigenvalue weighted by molar-refractivity contribution is 7.95. The van der Waals surface area contributed by atoms with Crippen molar-refractivity contribution in [3.05, 3.63) is 71.4 Å². The number of hydrogen-bond acceptors (Lipinski definition) is 6. The Morgan fingerprint density at radius 3 is 2.63 bits per heavy atom. The van der Waals surface area contributed by atoms with Gasteiger partial charge in [-0.3, -0.25) is 5.84 Å². The molecule has 0 radical (unpaired) electrons. The fraction of sp³-hybridized carbons (Fsp3) is 0.321. The highest BCUT2D eigenvalue weighted by Crippen LogP contribution is 2.44. The topological polar surface area (TPSA) is 81.3 Å². The fourth-order valence-corrected chi connectivity index (χ4v) is 5.90. The molecule has 1 aliphatic rings. The molecule has 182 valence electrons. The predicted molar refractivity (Wildman–Crippen MR) is 145 cm³/mol. The molecule has 3 aromatic carbocycles. The molecule has 1 aliphatic carbocycles. The molecule has 4 N–H and O–H groups in total. The van der Waals surface area contributed by atoms with Crippen molar-refractivity contribution in [2.24, 2.45) is 12.9 Å². The summed E-state index contributed by atoms with van der Waals surface area (Å²) in [6.07, 6.45) is 4.92. The van der Waals surface area contributed by atoms with E-state index in [0.29, 0.717) is 24.6 Å². The number of aromatic nitrogens is 1. The van der Waals surface area contributed by atoms with Crippen LogP contribution in [0.3, 0.4) is 0 Å². The number of hydrazine groups is 1. The molecular weight excluding hydrogens is 456 g/mol. The highest BCUT2D eigenvalue weighted by atomic mass is 32.2. The van der Waals surface area contributed by atoms with Crippen molar-refractivity contribution in [1.82, 2.24) is 14.1 Å². The van der Waals surface area contributed by atoms with Gasteiger partial charge < -0.3 is 9.30 Å². The standard InChI is InChI=1S/C28H32N4O2S/c1-3-34-28(33)27-24-15-23(21-14-8-12-18-9-6-7-13-20(18)21)22(19-10-4-5-11-19)16-25(24)32(2)26(27)17-30-35-31-29/h6-9,12-16,19,30-31H,3-5,10-11,17,29H2,1-2H3. The van der Waals surface area contributed by atoms with Crippen molar-refractivity contribution in [2.45, 2.75) is 45.1 Å². The Balaban J connectivity index is 1.79. The number of nitrogens with zero attached hydrogens (tertiary/aromatic N) is 1. The van der Waals surface area contributed by atoms with E-state index in [9.17, 15) is 4.79 Å². The van der Waals surface area contributed by atoms with Gasteiger partial charge in [-0.1, -0.05) is 55.3 Å². The van der Waals surface area contributed by atoms with E-state index in [0.717, 1.165) is 16.6 Å². The minimum absolute atomic E-state index is 0.293. The van der Waals surface area contributed by atoms with Crippen LogP contribution in [0, 0.1) is 0 Å². The summed E-state index contributed by atoms with van der Waals surface area (Å²) in [5, 5.41) is 3.38. The molecule has 5 rings (SSSR count). The second kappa shape index (κ2) is 10.4. The molecule has 0 saturated heterocycles. The summed E-state index contributed by atoms with van der Waals surface area (Å²) in [5.41, 5.74) is 6.37. The summed E-state index contributed by atoms with van der Waals surface area (Å²) in [6.45, 7) is 2.64. The number of benzene rings is 3. The number of esters is 1. The van der Waals surface area contributed by atoms with Crippen LogP contribution in [-0.4, -0.2) is 17.1 Å². The van der Waals surface area contributed by atoms with Gasteiger partial charge in [0.05, 0.1) is 12.2 Å². The molecule has 1 heterocycles. The van der Waals surface area contributed by atoms with Crippen LogP contribution in [0.2, 0.25) is 0 Å². The third-order valence-corrected chi connectivity index (χ3v) is 7.62. The monoisotopic (exact) mass is 488 g/mol. The third-order valence-electron chi connectivity index (χ3n) is 7.22. The molecule has 7 heteroatoms. The van der Waals surface area contributed by atoms with Crippen molar-refractivity contribution in [3.8, 4) is 11.1 Å². The average Bonchev–Trinajstić information content (AvgIpc) is 3.50. The molecule has 1 aromatic heterocycles. The average molecular weight is 489 g/mol. The summed E-state index contributed by atoms with van der Waals surface area (Å²) in [6, 6.07) is 19.6. The zero-order chi connectivity index (χ0) is 24.4. The maximum absolute atomic E-state index is 13.2. The predicted octanol–water partition coefficient (Wildman–Crippen LogP) is 5.95. The lowest BCUT2D eigenvalue weighted by molar-refractivity contribution is 0.0527. The summed E-state index contributed by atoms with van der Waals surface area (Å²) < 4.78 is 10.8. The van der Waals surface area contributed by atoms with E-state index >= 15 is 0 Å². The van der Waals surface area contributed by atoms with Gasteiger partial charge in [0.1, 0.15) is 0 Å². The molecular formula is C28H32N4O2S. The normalized spacial score (nSPS) is 14.3. The van der Waals surface area contributed by atoms with Gasteiger partial charge in [0.2, 0.25) is 0 Å². The van der Waals surface area contributed by atoms with Gasteiger partial charge in [-0.25, -0.2) is 9.52 Å². The number of aryl methyl sites for hydroxylation is 1. The second-order valence-corrected chi connectivity index (χ2v) is 9.84. The van der Waals surface area contributed by atoms with Gasteiger partial charge in [-0.15, -0.1) is 0 Å². The smallest absolute Gasteiger partial charge is 0.340 e. The highest BCUT2D eigenvalue weighted by Gasteiger charge is 2.27. The molecule has 0 spiro atoms. The summed E-state index contributed by atoms with van der Waals surface area (Å²) in [4.78, 5) is 15.8. The molecule has 4 aromatic rings. The SMILES string of the molecule is CCOC(=O)c1c(CNSNN)n(C)c2cc(C3CCCC3)c(-c3cccc4ccccc34)cc12. The van der Waals surface area contributed by atoms with Crippen molar-refractivity contribution in [3.63, 3.8) is 0 Å². The number of nitrogens with one attached hydrogen (secondary N) is 2. The molecule has 1 fully saturated rings. The first kappa shape index (κ1) is 23.9. The molecule has 0 unspecified atom stereocenters. The third kappa shape index (κ3) is 4.45. The summed E-state index contributed by atoms with van der Waals surface area (Å²) in [5.74, 6) is 5.65. The minimum Gasteiger partial charge on any atom is -0.462 e. The number of hydrogen-bond donors (Lipinski definition) is 3. The van der Waals surface area contributed by atoms with E-state index in [2.05, 4.69) is 68.7 Å². The van der Waals surface area contributed by atoms with Crippen LogP contribution in [0.4, 0.5) is 0 Å². The van der Waals surface area contributed by atoms with E-state index in [1.54, 1.807) is 0 Å². The quantitative estimate of drug-likeness (QED) is 0.0935. The zero-order valence-electron chi connectivity index (χ0n) is 20.3. The van der Waals surface area contributed by atoms with Crippen LogP contribution in [0.15, 0.2) is 54.6 Å². The van der Waals surface area contributed by atoms with Gasteiger partial charge in [0.15, 0.2) is 0 Å². The Morgan fingerprint density at radius 2 is 1.86 bits per heavy atom. The maximum Gasteiger partial charge on any atom is 0.340 e. The van der Waals surface area contributed by atoms with Gasteiger partial charge in [0.25, 0.3) is 0 Å². The van der Waals surface area contributed by atoms with Crippen molar-refractivity contribution < 1.29 is 9.53 Å². The number of carbonyl (C=O) groups is 1. The van der Waals surface area contributed by atoms with Gasteiger partial charge in [-0.05, 0) is 65.3 Å². The number of rotatable bonds is 8. The van der Waals surface area contributed by atoms with E-state index in [1.165, 1.54) is 65.3 Å². The Labute approximate surface area is 210 Å². The molecule has 0 amide bonds. The summed E-state index contributed by atoms with van der Waals surface area (Å²) >= 11 is 1.19. The first-order valence-electron chi connectivity index (χ1n) is 12.3. The Morgan fingerprint density at radius 1 is 1.09 bits per heavy atom. The van der Waals surface area contributed by atoms with Gasteiger partial charge >= 0.3 is 5.97 Å². The van der Waals surface area contributed by atoms with E-state index in [4.69, 9.17) is 10.6 Å². The molecule has 1 saturated carbocycles. The largest absolute Gasteiger partial charge is 0.462 e. The lowest BCUT2D eigenvalue weighted by Crippen LogP contribution is -2.21. The maximum atomic E-state index is 13.2. The Hall–Kier alpha value is -2.84. The van der Waals surface area contributed by atoms with E-state index in [1.807, 2.05) is 14.0 Å². The number of nitrogens with two attached hydrogens (primary N) is 1. The minimum atomic E-state index is -0.293. The lowest BCUT2D eigenvalue weighted by atomic mass is 9.86. The molecule has 0 aliphatic heterocycles. The Kier molecular flexibility index (Phi) is 7.11. The van der Waals surface area contributed by atoms with Crippen LogP contribution >= 0.6 is 12.1 Å². The van der Waals surface area contributed by atoms with Crippen LogP contribution in [0.5, 0.6) is 0 Å². The molecule has 0 bridgehead atoms. The van der Waals surface area contributed by atoms with Gasteiger partial charge in [0, 0.05) is 42.3 Å². The van der Waals surface area contributed by atoms with Crippen LogP contribution in [0.25, 0.3) is 32.8 Å². The van der Waals surface area contributed by atoms with Crippen LogP contribution in [-0.2, 0) is 18.3 Å². The van der Waals surface area contributed by atoms with Crippen molar-refractivity contribution in [1.29, 1.82) is 0 Å². The molecule has 35 heavy (non-hydrogen) atoms. The van der Waals surface area contributed by atoms with Crippen molar-refractivity contribution in [2.75, 3.05) is 6.61 Å². The Bertz CT molecular complexity index is 1370. The van der Waals surface area contributed by atoms with E-state index < -0.39 is 0 Å². The van der Waals surface area contributed by atoms with E-state index in [-0.39, 0.29) is 5.97 Å². The number of carbonyl (C=O) groups excluding carboxylic acids is 1. The number of fused-ring (bicyclic) bond motifs is 2. The first-order chi connectivity index (χ1) is 17.1.